The van der Waals surface area contributed by atoms with Gasteiger partial charge in [-0.25, -0.2) is 8.42 Å². The van der Waals surface area contributed by atoms with Crippen LogP contribution in [0.5, 0.6) is 0 Å². The van der Waals surface area contributed by atoms with Gasteiger partial charge < -0.3 is 21.5 Å². The van der Waals surface area contributed by atoms with Crippen molar-refractivity contribution in [2.24, 2.45) is 0 Å². The molecule has 0 fully saturated rings. The van der Waals surface area contributed by atoms with Gasteiger partial charge in [0.1, 0.15) is 6.54 Å². The van der Waals surface area contributed by atoms with Gasteiger partial charge in [-0.15, -0.1) is 0 Å². The van der Waals surface area contributed by atoms with E-state index >= 15 is 0 Å². The van der Waals surface area contributed by atoms with Gasteiger partial charge in [-0.3, -0.25) is 0 Å². The number of rotatable bonds is 6. The minimum Gasteiger partial charge on any atom is -1.00 e. The summed E-state index contributed by atoms with van der Waals surface area (Å²) in [7, 11) is -4.09. The fraction of sp³-hybridized carbons (Fsp3) is 0.450. The molecule has 1 aliphatic heterocycles. The van der Waals surface area contributed by atoms with Crippen LogP contribution in [0.4, 0.5) is 5.69 Å². The monoisotopic (exact) mass is 461 g/mol. The van der Waals surface area contributed by atoms with E-state index in [9.17, 15) is 13.0 Å². The Labute approximate surface area is 194 Å². The Morgan fingerprint density at radius 2 is 1.70 bits per heavy atom. The Kier molecular flexibility index (Phi) is 8.73. The summed E-state index contributed by atoms with van der Waals surface area (Å²) in [6.07, 6.45) is 2.05. The number of fused-ring (bicyclic) bond motifs is 3. The summed E-state index contributed by atoms with van der Waals surface area (Å²) in [5.74, 6) is -0.261. The summed E-state index contributed by atoms with van der Waals surface area (Å²) in [6, 6.07) is 12.8. The van der Waals surface area contributed by atoms with Crippen molar-refractivity contribution in [2.45, 2.75) is 45.4 Å². The van der Waals surface area contributed by atoms with E-state index in [4.69, 9.17) is 0 Å². The number of unbranched alkanes of at least 4 members (excludes halogenated alkanes) is 2. The topological polar surface area (TPSA) is 60.2 Å². The molecule has 0 saturated heterocycles. The number of benzene rings is 2. The number of hydrogen-bond donors (Lipinski definition) is 0. The molecule has 4 nitrogen and oxygen atoms in total. The summed E-state index contributed by atoms with van der Waals surface area (Å²) in [4.78, 5) is 0. The van der Waals surface area contributed by atoms with Crippen LogP contribution in [0.25, 0.3) is 10.8 Å². The van der Waals surface area contributed by atoms with E-state index in [2.05, 4.69) is 61.7 Å². The quantitative estimate of drug-likeness (QED) is 0.215. The van der Waals surface area contributed by atoms with E-state index in [0.29, 0.717) is 6.42 Å². The smallest absolute Gasteiger partial charge is 1.00 e. The Morgan fingerprint density at radius 3 is 2.37 bits per heavy atom. The Balaban J connectivity index is 0.00000182. The molecule has 0 aromatic heterocycles. The van der Waals surface area contributed by atoms with Gasteiger partial charge in [0.2, 0.25) is 5.69 Å². The Hall–Kier alpha value is -0.240. The third-order valence-corrected chi connectivity index (χ3v) is 6.20. The molecule has 27 heavy (non-hydrogen) atoms. The zero-order valence-electron chi connectivity index (χ0n) is 16.5. The fourth-order valence-corrected chi connectivity index (χ4v) is 4.41. The molecule has 2 aromatic carbocycles. The molecule has 0 unspecified atom stereocenters. The van der Waals surface area contributed by atoms with Crippen LogP contribution in [0.3, 0.4) is 0 Å². The fourth-order valence-electron chi connectivity index (χ4n) is 3.85. The van der Waals surface area contributed by atoms with E-state index in [1.54, 1.807) is 0 Å². The van der Waals surface area contributed by atoms with Crippen LogP contribution in [0.1, 0.15) is 45.6 Å². The maximum atomic E-state index is 10.7. The van der Waals surface area contributed by atoms with Crippen LogP contribution in [0.15, 0.2) is 36.4 Å². The molecule has 1 heterocycles. The zero-order valence-corrected chi connectivity index (χ0v) is 20.9. The van der Waals surface area contributed by atoms with Gasteiger partial charge in [-0.2, -0.15) is 4.58 Å². The minimum atomic E-state index is -4.09. The second-order valence-corrected chi connectivity index (χ2v) is 8.89. The molecule has 0 atom stereocenters. The molecule has 0 radical (unpaired) electrons. The molecule has 142 valence electrons. The maximum absolute atomic E-state index is 10.7. The van der Waals surface area contributed by atoms with E-state index < -0.39 is 10.1 Å². The predicted octanol–water partition coefficient (Wildman–Crippen LogP) is -2.04. The minimum absolute atomic E-state index is 0. The van der Waals surface area contributed by atoms with Crippen molar-refractivity contribution in [2.75, 3.05) is 12.3 Å². The molecule has 0 bridgehead atoms. The predicted molar refractivity (Wildman–Crippen MR) is 101 cm³/mol. The van der Waals surface area contributed by atoms with Crippen molar-refractivity contribution < 1.29 is 64.1 Å². The summed E-state index contributed by atoms with van der Waals surface area (Å²) in [6.45, 7) is 7.55. The van der Waals surface area contributed by atoms with Crippen molar-refractivity contribution in [3.05, 3.63) is 42.0 Å². The van der Waals surface area contributed by atoms with Crippen molar-refractivity contribution in [1.82, 2.24) is 0 Å². The molecular formula is C20H25BrNNaO3S. The Morgan fingerprint density at radius 1 is 1.04 bits per heavy atom. The average Bonchev–Trinajstić information content (AvgIpc) is 2.74. The number of halogens is 1. The van der Waals surface area contributed by atoms with Crippen LogP contribution in [-0.4, -0.2) is 35.6 Å². The zero-order chi connectivity index (χ0) is 18.2. The second-order valence-electron chi connectivity index (χ2n) is 7.37. The van der Waals surface area contributed by atoms with Crippen LogP contribution in [0, 0.1) is 0 Å². The standard InChI is InChI=1S/C20H25NO3S.BrH.Na/c1-15-20(2,3)19-17-10-6-5-9-16(17)11-12-18(19)21(15)13-7-4-8-14-25(22,23)24;;/h5-6,9-12H,4,7-8,13-14H2,1-3H3;1H;/q;;+1/p-1. The molecule has 2 aromatic rings. The van der Waals surface area contributed by atoms with Gasteiger partial charge >= 0.3 is 29.6 Å². The van der Waals surface area contributed by atoms with Crippen LogP contribution >= 0.6 is 0 Å². The SMILES string of the molecule is CC1=[N+](CCCCCS(=O)(=O)[O-])c2ccc3ccccc3c2C1(C)C.[Br-].[Na+]. The van der Waals surface area contributed by atoms with Gasteiger partial charge in [-0.05, 0) is 43.5 Å². The van der Waals surface area contributed by atoms with E-state index in [1.165, 1.54) is 27.7 Å². The average molecular weight is 462 g/mol. The second kappa shape index (κ2) is 9.51. The van der Waals surface area contributed by atoms with E-state index in [-0.39, 0.29) is 57.7 Å². The molecule has 0 saturated carbocycles. The number of nitrogens with zero attached hydrogens (tertiary/aromatic N) is 1. The van der Waals surface area contributed by atoms with Gasteiger partial charge in [0.05, 0.1) is 15.5 Å². The summed E-state index contributed by atoms with van der Waals surface area (Å²) >= 11 is 0. The van der Waals surface area contributed by atoms with E-state index in [0.717, 1.165) is 19.4 Å². The molecule has 0 aliphatic carbocycles. The first-order valence-electron chi connectivity index (χ1n) is 8.79. The van der Waals surface area contributed by atoms with E-state index in [1.807, 2.05) is 0 Å². The van der Waals surface area contributed by atoms with Crippen molar-refractivity contribution >= 4 is 32.3 Å². The number of hydrogen-bond acceptors (Lipinski definition) is 3. The third-order valence-electron chi connectivity index (χ3n) is 5.41. The molecular weight excluding hydrogens is 437 g/mol. The van der Waals surface area contributed by atoms with Crippen molar-refractivity contribution in [3.63, 3.8) is 0 Å². The first-order valence-corrected chi connectivity index (χ1v) is 10.4. The first kappa shape index (κ1) is 24.8. The normalized spacial score (nSPS) is 15.3. The van der Waals surface area contributed by atoms with Crippen LogP contribution < -0.4 is 46.5 Å². The summed E-state index contributed by atoms with van der Waals surface area (Å²) in [5.41, 5.74) is 3.90. The molecule has 7 heteroatoms. The largest absolute Gasteiger partial charge is 1.00 e. The van der Waals surface area contributed by atoms with Crippen molar-refractivity contribution in [1.29, 1.82) is 0 Å². The summed E-state index contributed by atoms with van der Waals surface area (Å²) in [5, 5.41) is 2.55. The molecule has 0 N–H and O–H groups in total. The molecule has 3 rings (SSSR count). The maximum Gasteiger partial charge on any atom is 1.00 e. The Bertz CT molecular complexity index is 955. The van der Waals surface area contributed by atoms with Crippen LogP contribution in [0.2, 0.25) is 0 Å². The molecule has 0 amide bonds. The van der Waals surface area contributed by atoms with Gasteiger partial charge in [0.15, 0.2) is 5.71 Å². The van der Waals surface area contributed by atoms with Crippen molar-refractivity contribution in [3.8, 4) is 0 Å². The first-order chi connectivity index (χ1) is 11.7. The molecule has 1 aliphatic rings. The van der Waals surface area contributed by atoms with Gasteiger partial charge in [0, 0.05) is 30.7 Å². The molecule has 0 spiro atoms. The van der Waals surface area contributed by atoms with Gasteiger partial charge in [-0.1, -0.05) is 24.3 Å². The van der Waals surface area contributed by atoms with Gasteiger partial charge in [0.25, 0.3) is 0 Å². The van der Waals surface area contributed by atoms with Crippen LogP contribution in [-0.2, 0) is 15.5 Å². The third kappa shape index (κ3) is 5.22. The summed E-state index contributed by atoms with van der Waals surface area (Å²) < 4.78 is 34.5.